The number of aliphatic hydroxyl groups is 2. The van der Waals surface area contributed by atoms with E-state index in [9.17, 15) is 39.0 Å². The van der Waals surface area contributed by atoms with Crippen molar-refractivity contribution in [1.29, 1.82) is 0 Å². The Labute approximate surface area is 412 Å². The second-order valence-electron chi connectivity index (χ2n) is 21.3. The molecule has 4 aliphatic rings. The number of piperidine rings is 1. The lowest BCUT2D eigenvalue weighted by molar-refractivity contribution is -0.165. The molecule has 2 unspecified atom stereocenters. The van der Waals surface area contributed by atoms with Crippen molar-refractivity contribution < 1.29 is 57.9 Å². The van der Waals surface area contributed by atoms with E-state index in [0.29, 0.717) is 63.4 Å². The molecule has 0 aromatic carbocycles. The molecule has 2 aliphatic heterocycles. The van der Waals surface area contributed by atoms with E-state index in [1.165, 1.54) is 12.0 Å². The van der Waals surface area contributed by atoms with Gasteiger partial charge >= 0.3 is 5.97 Å². The van der Waals surface area contributed by atoms with Gasteiger partial charge in [-0.05, 0) is 138 Å². The number of allylic oxidation sites excluding steroid dienone is 6. The van der Waals surface area contributed by atoms with Gasteiger partial charge in [-0.2, -0.15) is 0 Å². The lowest BCUT2D eigenvalue weighted by Crippen LogP contribution is -2.59. The largest absolute Gasteiger partial charge is 0.459 e. The minimum Gasteiger partial charge on any atom is -0.459 e. The number of methoxy groups -OCH3 is 3. The van der Waals surface area contributed by atoms with E-state index in [-0.39, 0.29) is 85.6 Å². The Morgan fingerprint density at radius 3 is 2.22 bits per heavy atom. The summed E-state index contributed by atoms with van der Waals surface area (Å²) in [5, 5.41) is 23.7. The number of carbonyl (C=O) groups excluding carboxylic acids is 6. The van der Waals surface area contributed by atoms with E-state index >= 15 is 0 Å². The van der Waals surface area contributed by atoms with Crippen LogP contribution in [-0.4, -0.2) is 127 Å². The third-order valence-corrected chi connectivity index (χ3v) is 16.1. The van der Waals surface area contributed by atoms with Crippen LogP contribution in [0.5, 0.6) is 0 Å². The Kier molecular flexibility index (Phi) is 22.9. The summed E-state index contributed by atoms with van der Waals surface area (Å²) in [4.78, 5) is 85.1. The average molecular weight is 967 g/mol. The normalized spacial score (nSPS) is 37.6. The molecule has 0 aromatic heterocycles. The van der Waals surface area contributed by atoms with Crippen molar-refractivity contribution in [2.75, 3.05) is 34.4 Å². The van der Waals surface area contributed by atoms with Gasteiger partial charge in [0.25, 0.3) is 11.7 Å². The zero-order valence-electron chi connectivity index (χ0n) is 43.4. The molecule has 2 bridgehead atoms. The first-order valence-corrected chi connectivity index (χ1v) is 25.7. The third-order valence-electron chi connectivity index (χ3n) is 16.1. The van der Waals surface area contributed by atoms with Crippen LogP contribution in [0.25, 0.3) is 0 Å². The minimum atomic E-state index is -1.91. The number of carbonyl (C=O) groups is 6. The Hall–Kier alpha value is -3.66. The molecule has 4 rings (SSSR count). The van der Waals surface area contributed by atoms with Crippen molar-refractivity contribution in [1.82, 2.24) is 4.90 Å². The first-order chi connectivity index (χ1) is 32.7. The maximum Gasteiger partial charge on any atom is 0.320 e. The Morgan fingerprint density at radius 1 is 0.841 bits per heavy atom. The van der Waals surface area contributed by atoms with E-state index in [4.69, 9.17) is 24.7 Å². The van der Waals surface area contributed by atoms with Crippen molar-refractivity contribution in [3.63, 3.8) is 0 Å². The second-order valence-corrected chi connectivity index (χ2v) is 21.3. The van der Waals surface area contributed by atoms with Crippen LogP contribution in [0.3, 0.4) is 0 Å². The summed E-state index contributed by atoms with van der Waals surface area (Å²) >= 11 is 0. The van der Waals surface area contributed by atoms with E-state index < -0.39 is 71.3 Å². The highest BCUT2D eigenvalue weighted by Crippen LogP contribution is 2.42. The number of nitrogens with two attached hydrogens (primary N) is 1. The van der Waals surface area contributed by atoms with E-state index in [1.807, 2.05) is 65.0 Å². The lowest BCUT2D eigenvalue weighted by Gasteiger charge is -2.43. The van der Waals surface area contributed by atoms with Crippen molar-refractivity contribution in [2.45, 2.75) is 181 Å². The van der Waals surface area contributed by atoms with Gasteiger partial charge in [-0.25, -0.2) is 0 Å². The summed E-state index contributed by atoms with van der Waals surface area (Å²) in [6.45, 7) is 13.1. The molecule has 69 heavy (non-hydrogen) atoms. The summed E-state index contributed by atoms with van der Waals surface area (Å²) < 4.78 is 22.9. The third kappa shape index (κ3) is 15.7. The molecule has 0 radical (unpaired) electrons. The highest BCUT2D eigenvalue weighted by Gasteiger charge is 2.51. The Morgan fingerprint density at radius 2 is 1.55 bits per heavy atom. The van der Waals surface area contributed by atoms with Gasteiger partial charge in [0, 0.05) is 52.6 Å². The number of aliphatic hydroxyl groups excluding tert-OH is 1. The standard InChI is InChI=1S/C55H86N2O12/c1-33-16-12-11-13-17-34(2)47(66-8)28-41-20-19-39(7)55(65,31-41)53(63)54(64)57-23-15-14-18-43(57)45(59)30-42(35(3)26-40-21-22-46(48(27-40)67-9)69-49(60)32-56)29-44(58)36(4)25-38(6)51(62)52(68-10)50(61)37(5)24-33/h11-13,16-17,25,33,35-37,39-43,46-48,51-52,62,65H,14-15,18-24,26-32,56H2,1-10H3/b13-11?,16-12+,34-17?,38-25+/t33-,35-,36-,37-,39-,40?,41+,42?,43+,46-,47+,48-,51-,52+,55+/m1/s1. The van der Waals surface area contributed by atoms with Crippen LogP contribution in [0.2, 0.25) is 0 Å². The van der Waals surface area contributed by atoms with Crippen LogP contribution in [0.15, 0.2) is 47.6 Å². The SMILES string of the molecule is CO[C@H]1C[C@@H]2CC[C@@H](C)[C@@](O)(C2)C(=O)C(=O)N2CCCC[C@H]2C(=O)CC([C@H](C)CC2CC[C@@H](OC(=O)CN)[C@H](OC)C2)CC(=O)[C@H](C)/C=C(\C)[C@@H](O)[C@@H](OC)C(=O)[C@H](C)C[C@H](C)/C=C/C=CC=C1C. The summed E-state index contributed by atoms with van der Waals surface area (Å²) in [5.41, 5.74) is 5.00. The fraction of sp³-hybridized carbons (Fsp3) is 0.745. The van der Waals surface area contributed by atoms with Crippen LogP contribution in [0, 0.1) is 47.3 Å². The van der Waals surface area contributed by atoms with E-state index in [2.05, 4.69) is 0 Å². The fourth-order valence-electron chi connectivity index (χ4n) is 11.5. The first-order valence-electron chi connectivity index (χ1n) is 25.7. The maximum atomic E-state index is 14.7. The van der Waals surface area contributed by atoms with E-state index in [0.717, 1.165) is 18.4 Å². The molecule has 0 aromatic rings. The van der Waals surface area contributed by atoms with Gasteiger partial charge in [0.1, 0.15) is 29.7 Å². The predicted octanol–water partition coefficient (Wildman–Crippen LogP) is 7.02. The molecule has 3 fully saturated rings. The highest BCUT2D eigenvalue weighted by molar-refractivity contribution is 6.39. The molecule has 1 saturated heterocycles. The Bertz CT molecular complexity index is 1890. The molecule has 4 N–H and O–H groups in total. The minimum absolute atomic E-state index is 0.0142. The second kappa shape index (κ2) is 27.2. The summed E-state index contributed by atoms with van der Waals surface area (Å²) in [6, 6.07) is -0.892. The molecule has 2 saturated carbocycles. The van der Waals surface area contributed by atoms with Gasteiger partial charge in [-0.1, -0.05) is 71.1 Å². The number of ketones is 4. The van der Waals surface area contributed by atoms with Crippen LogP contribution >= 0.6 is 0 Å². The van der Waals surface area contributed by atoms with Crippen LogP contribution < -0.4 is 5.73 Å². The zero-order valence-corrected chi connectivity index (χ0v) is 43.4. The number of Topliss-reactive ketones (excluding diaryl/α,β-unsaturated/α-hetero) is 4. The number of rotatable bonds is 8. The Balaban J connectivity index is 1.70. The van der Waals surface area contributed by atoms with Crippen LogP contribution in [0.1, 0.15) is 138 Å². The molecular weight excluding hydrogens is 881 g/mol. The number of esters is 1. The summed E-state index contributed by atoms with van der Waals surface area (Å²) in [6.07, 6.45) is 14.7. The topological polar surface area (TPSA) is 209 Å². The van der Waals surface area contributed by atoms with Gasteiger partial charge < -0.3 is 39.8 Å². The van der Waals surface area contributed by atoms with Gasteiger partial charge in [0.05, 0.1) is 24.8 Å². The van der Waals surface area contributed by atoms with E-state index in [1.54, 1.807) is 34.1 Å². The average Bonchev–Trinajstić information content (AvgIpc) is 3.33. The molecule has 14 nitrogen and oxygen atoms in total. The van der Waals surface area contributed by atoms with Gasteiger partial charge in [0.15, 0.2) is 11.6 Å². The van der Waals surface area contributed by atoms with Gasteiger partial charge in [-0.15, -0.1) is 0 Å². The smallest absolute Gasteiger partial charge is 0.320 e. The summed E-state index contributed by atoms with van der Waals surface area (Å²) in [5.74, 6) is -4.93. The first kappa shape index (κ1) is 57.9. The van der Waals surface area contributed by atoms with Gasteiger partial charge in [0.2, 0.25) is 0 Å². The molecular formula is C55H86N2O12. The van der Waals surface area contributed by atoms with Crippen molar-refractivity contribution in [3.05, 3.63) is 47.6 Å². The van der Waals surface area contributed by atoms with Crippen molar-refractivity contribution >= 4 is 35.0 Å². The highest BCUT2D eigenvalue weighted by atomic mass is 16.6. The number of ether oxygens (including phenoxy) is 4. The quantitative estimate of drug-likeness (QED) is 0.127. The monoisotopic (exact) mass is 967 g/mol. The van der Waals surface area contributed by atoms with Crippen LogP contribution in [0.4, 0.5) is 0 Å². The molecule has 15 atom stereocenters. The maximum absolute atomic E-state index is 14.7. The molecule has 388 valence electrons. The fourth-order valence-corrected chi connectivity index (χ4v) is 11.5. The van der Waals surface area contributed by atoms with Crippen molar-refractivity contribution in [2.24, 2.45) is 53.1 Å². The predicted molar refractivity (Wildman–Crippen MR) is 265 cm³/mol. The number of amides is 1. The molecule has 1 amide bonds. The molecule has 2 heterocycles. The lowest BCUT2D eigenvalue weighted by atomic mass is 9.67. The molecule has 0 spiro atoms. The van der Waals surface area contributed by atoms with Crippen molar-refractivity contribution in [3.8, 4) is 0 Å². The molecule has 2 aliphatic carbocycles. The number of hydrogen-bond acceptors (Lipinski definition) is 13. The summed E-state index contributed by atoms with van der Waals surface area (Å²) in [7, 11) is 4.62. The number of hydrogen-bond donors (Lipinski definition) is 3. The number of nitrogens with zero attached hydrogens (tertiary/aromatic N) is 1. The van der Waals surface area contributed by atoms with Gasteiger partial charge in [-0.3, -0.25) is 28.8 Å². The number of fused-ring (bicyclic) bond motifs is 3. The molecule has 14 heteroatoms. The zero-order chi connectivity index (χ0) is 51.2. The van der Waals surface area contributed by atoms with Crippen LogP contribution in [-0.2, 0) is 47.7 Å².